The minimum absolute atomic E-state index is 0.156. The van der Waals surface area contributed by atoms with Gasteiger partial charge < -0.3 is 16.4 Å². The molecule has 2 heterocycles. The normalized spacial score (nSPS) is 19.9. The zero-order chi connectivity index (χ0) is 14.9. The number of nitrogens with zero attached hydrogens (tertiary/aromatic N) is 2. The van der Waals surface area contributed by atoms with Gasteiger partial charge >= 0.3 is 6.18 Å². The number of hydrogen-bond donors (Lipinski definition) is 2. The summed E-state index contributed by atoms with van der Waals surface area (Å²) in [6.45, 7) is 0.816. The van der Waals surface area contributed by atoms with E-state index in [-0.39, 0.29) is 23.8 Å². The van der Waals surface area contributed by atoms with E-state index in [0.29, 0.717) is 19.4 Å². The number of nitrogens with two attached hydrogens (primary N) is 2. The number of piperidine rings is 1. The lowest BCUT2D eigenvalue weighted by Gasteiger charge is -2.33. The van der Waals surface area contributed by atoms with Gasteiger partial charge in [0.05, 0.1) is 23.5 Å². The first kappa shape index (κ1) is 14.4. The Morgan fingerprint density at radius 2 is 2.15 bits per heavy atom. The topological polar surface area (TPSA) is 85.2 Å². The van der Waals surface area contributed by atoms with E-state index in [2.05, 4.69) is 4.98 Å². The Morgan fingerprint density at radius 3 is 2.75 bits per heavy atom. The molecule has 4 N–H and O–H groups in total. The molecule has 20 heavy (non-hydrogen) atoms. The van der Waals surface area contributed by atoms with Crippen molar-refractivity contribution in [1.29, 1.82) is 0 Å². The van der Waals surface area contributed by atoms with Gasteiger partial charge in [0.2, 0.25) is 5.91 Å². The summed E-state index contributed by atoms with van der Waals surface area (Å²) in [4.78, 5) is 16.2. The Kier molecular flexibility index (Phi) is 3.74. The molecule has 1 atom stereocenters. The van der Waals surface area contributed by atoms with Gasteiger partial charge in [0.25, 0.3) is 0 Å². The number of aromatic nitrogens is 1. The number of amides is 1. The van der Waals surface area contributed by atoms with Crippen molar-refractivity contribution in [2.24, 2.45) is 11.7 Å². The predicted molar refractivity (Wildman–Crippen MR) is 67.8 cm³/mol. The van der Waals surface area contributed by atoms with E-state index >= 15 is 0 Å². The highest BCUT2D eigenvalue weighted by atomic mass is 19.4. The quantitative estimate of drug-likeness (QED) is 0.861. The number of pyridine rings is 1. The van der Waals surface area contributed by atoms with Crippen molar-refractivity contribution in [1.82, 2.24) is 4.98 Å². The van der Waals surface area contributed by atoms with Crippen LogP contribution in [0.1, 0.15) is 18.5 Å². The number of carbonyl (C=O) groups is 1. The van der Waals surface area contributed by atoms with E-state index in [1.807, 2.05) is 0 Å². The van der Waals surface area contributed by atoms with E-state index in [0.717, 1.165) is 12.3 Å². The van der Waals surface area contributed by atoms with Crippen LogP contribution in [0.3, 0.4) is 0 Å². The molecule has 1 fully saturated rings. The Morgan fingerprint density at radius 1 is 1.45 bits per heavy atom. The van der Waals surface area contributed by atoms with E-state index in [1.165, 1.54) is 0 Å². The molecule has 1 aromatic rings. The van der Waals surface area contributed by atoms with Crippen molar-refractivity contribution in [3.05, 3.63) is 18.0 Å². The van der Waals surface area contributed by atoms with Crippen molar-refractivity contribution >= 4 is 17.3 Å². The highest BCUT2D eigenvalue weighted by Gasteiger charge is 2.34. The molecule has 0 spiro atoms. The molecule has 1 amide bonds. The average Bonchev–Trinajstić information content (AvgIpc) is 2.38. The van der Waals surface area contributed by atoms with E-state index in [9.17, 15) is 18.0 Å². The van der Waals surface area contributed by atoms with Gasteiger partial charge in [0.15, 0.2) is 0 Å². The summed E-state index contributed by atoms with van der Waals surface area (Å²) in [5.41, 5.74) is 10.4. The summed E-state index contributed by atoms with van der Waals surface area (Å²) >= 11 is 0. The summed E-state index contributed by atoms with van der Waals surface area (Å²) in [7, 11) is 0. The first-order valence-corrected chi connectivity index (χ1v) is 6.16. The lowest BCUT2D eigenvalue weighted by Crippen LogP contribution is -2.41. The number of nitrogen functional groups attached to an aromatic ring is 1. The largest absolute Gasteiger partial charge is 0.433 e. The first-order chi connectivity index (χ1) is 9.29. The van der Waals surface area contributed by atoms with Crippen LogP contribution in [-0.2, 0) is 11.0 Å². The molecule has 1 aliphatic rings. The molecular formula is C12H15F3N4O. The van der Waals surface area contributed by atoms with Gasteiger partial charge in [-0.15, -0.1) is 0 Å². The average molecular weight is 288 g/mol. The third kappa shape index (κ3) is 2.94. The van der Waals surface area contributed by atoms with Gasteiger partial charge in [0, 0.05) is 13.1 Å². The zero-order valence-corrected chi connectivity index (χ0v) is 10.7. The molecule has 1 unspecified atom stereocenters. The second-order valence-corrected chi connectivity index (χ2v) is 4.81. The van der Waals surface area contributed by atoms with Crippen LogP contribution in [0.5, 0.6) is 0 Å². The predicted octanol–water partition coefficient (Wildman–Crippen LogP) is 1.38. The Labute approximate surface area is 113 Å². The fraction of sp³-hybridized carbons (Fsp3) is 0.500. The number of hydrogen-bond acceptors (Lipinski definition) is 4. The number of anilines is 2. The Balaban J connectivity index is 2.29. The molecule has 5 nitrogen and oxygen atoms in total. The maximum absolute atomic E-state index is 12.7. The number of rotatable bonds is 2. The van der Waals surface area contributed by atoms with E-state index in [4.69, 9.17) is 11.5 Å². The Hall–Kier alpha value is -1.99. The Bertz CT molecular complexity index is 518. The SMILES string of the molecule is NC(=O)C1CCCN(c2cc(C(F)(F)F)ncc2N)C1. The number of halogens is 3. The zero-order valence-electron chi connectivity index (χ0n) is 10.7. The van der Waals surface area contributed by atoms with Crippen LogP contribution in [0.25, 0.3) is 0 Å². The van der Waals surface area contributed by atoms with Gasteiger partial charge in [-0.1, -0.05) is 0 Å². The lowest BCUT2D eigenvalue weighted by atomic mass is 9.97. The molecular weight excluding hydrogens is 273 g/mol. The summed E-state index contributed by atoms with van der Waals surface area (Å²) < 4.78 is 38.0. The van der Waals surface area contributed by atoms with Crippen LogP contribution in [0.4, 0.5) is 24.5 Å². The minimum Gasteiger partial charge on any atom is -0.396 e. The van der Waals surface area contributed by atoms with Crippen molar-refractivity contribution in [3.8, 4) is 0 Å². The standard InChI is InChI=1S/C12H15F3N4O/c13-12(14,15)10-4-9(8(16)5-18-10)19-3-1-2-7(6-19)11(17)20/h4-5,7H,1-3,6,16H2,(H2,17,20). The third-order valence-electron chi connectivity index (χ3n) is 3.37. The summed E-state index contributed by atoms with van der Waals surface area (Å²) in [6, 6.07) is 0.915. The molecule has 110 valence electrons. The molecule has 0 bridgehead atoms. The van der Waals surface area contributed by atoms with Gasteiger partial charge in [-0.3, -0.25) is 4.79 Å². The van der Waals surface area contributed by atoms with Gasteiger partial charge in [0.1, 0.15) is 5.69 Å². The lowest BCUT2D eigenvalue weighted by molar-refractivity contribution is -0.141. The van der Waals surface area contributed by atoms with Crippen LogP contribution in [0.2, 0.25) is 0 Å². The van der Waals surface area contributed by atoms with Crippen molar-refractivity contribution < 1.29 is 18.0 Å². The van der Waals surface area contributed by atoms with Crippen LogP contribution in [-0.4, -0.2) is 24.0 Å². The highest BCUT2D eigenvalue weighted by molar-refractivity contribution is 5.78. The van der Waals surface area contributed by atoms with Crippen molar-refractivity contribution in [2.45, 2.75) is 19.0 Å². The second kappa shape index (κ2) is 5.18. The second-order valence-electron chi connectivity index (χ2n) is 4.81. The van der Waals surface area contributed by atoms with Crippen molar-refractivity contribution in [2.75, 3.05) is 23.7 Å². The third-order valence-corrected chi connectivity index (χ3v) is 3.37. The summed E-state index contributed by atoms with van der Waals surface area (Å²) in [5.74, 6) is -0.816. The highest BCUT2D eigenvalue weighted by Crippen LogP contribution is 2.34. The van der Waals surface area contributed by atoms with Crippen molar-refractivity contribution in [3.63, 3.8) is 0 Å². The number of carbonyl (C=O) groups excluding carboxylic acids is 1. The fourth-order valence-electron chi connectivity index (χ4n) is 2.31. The molecule has 0 aliphatic carbocycles. The molecule has 1 aromatic heterocycles. The maximum atomic E-state index is 12.7. The monoisotopic (exact) mass is 288 g/mol. The van der Waals surface area contributed by atoms with E-state index < -0.39 is 17.8 Å². The molecule has 0 saturated carbocycles. The molecule has 2 rings (SSSR count). The summed E-state index contributed by atoms with van der Waals surface area (Å²) in [6.07, 6.45) is -2.22. The van der Waals surface area contributed by atoms with Gasteiger partial charge in [-0.2, -0.15) is 13.2 Å². The molecule has 0 radical (unpaired) electrons. The molecule has 1 saturated heterocycles. The molecule has 0 aromatic carbocycles. The van der Waals surface area contributed by atoms with Crippen LogP contribution >= 0.6 is 0 Å². The maximum Gasteiger partial charge on any atom is 0.433 e. The smallest absolute Gasteiger partial charge is 0.396 e. The first-order valence-electron chi connectivity index (χ1n) is 6.16. The number of primary amides is 1. The van der Waals surface area contributed by atoms with Crippen LogP contribution in [0, 0.1) is 5.92 Å². The number of alkyl halides is 3. The van der Waals surface area contributed by atoms with Gasteiger partial charge in [-0.25, -0.2) is 4.98 Å². The van der Waals surface area contributed by atoms with E-state index in [1.54, 1.807) is 4.90 Å². The molecule has 8 heteroatoms. The molecule has 1 aliphatic heterocycles. The minimum atomic E-state index is -4.53. The van der Waals surface area contributed by atoms with Crippen LogP contribution < -0.4 is 16.4 Å². The fourth-order valence-corrected chi connectivity index (χ4v) is 2.31. The van der Waals surface area contributed by atoms with Gasteiger partial charge in [-0.05, 0) is 18.9 Å². The van der Waals surface area contributed by atoms with Crippen LogP contribution in [0.15, 0.2) is 12.3 Å². The summed E-state index contributed by atoms with van der Waals surface area (Å²) in [5, 5.41) is 0.